The molecule has 1 rings (SSSR count). The zero-order valence-corrected chi connectivity index (χ0v) is 11.4. The summed E-state index contributed by atoms with van der Waals surface area (Å²) in [4.78, 5) is 20.0. The molecule has 6 heteroatoms. The smallest absolute Gasteiger partial charge is 0.343 e. The number of nitrogens with two attached hydrogens (primary N) is 1. The van der Waals surface area contributed by atoms with Crippen LogP contribution in [0.25, 0.3) is 0 Å². The van der Waals surface area contributed by atoms with Gasteiger partial charge in [-0.3, -0.25) is 0 Å². The van der Waals surface area contributed by atoms with Crippen LogP contribution in [-0.4, -0.2) is 30.2 Å². The first-order valence-corrected chi connectivity index (χ1v) is 5.67. The summed E-state index contributed by atoms with van der Waals surface area (Å²) < 4.78 is 10.1. The average Bonchev–Trinajstić information content (AvgIpc) is 2.36. The van der Waals surface area contributed by atoms with Gasteiger partial charge >= 0.3 is 5.97 Å². The fourth-order valence-electron chi connectivity index (χ4n) is 1.58. The van der Waals surface area contributed by atoms with Gasteiger partial charge in [-0.2, -0.15) is 0 Å². The second kappa shape index (κ2) is 5.30. The van der Waals surface area contributed by atoms with E-state index in [1.165, 1.54) is 7.11 Å². The number of aryl methyl sites for hydroxylation is 1. The lowest BCUT2D eigenvalue weighted by Gasteiger charge is -2.25. The average molecular weight is 253 g/mol. The molecule has 100 valence electrons. The van der Waals surface area contributed by atoms with Gasteiger partial charge in [0, 0.05) is 7.11 Å². The number of ether oxygens (including phenoxy) is 2. The Morgan fingerprint density at radius 1 is 1.39 bits per heavy atom. The van der Waals surface area contributed by atoms with Gasteiger partial charge in [0.1, 0.15) is 17.0 Å². The van der Waals surface area contributed by atoms with Crippen molar-refractivity contribution in [1.82, 2.24) is 9.97 Å². The zero-order chi connectivity index (χ0) is 13.9. The van der Waals surface area contributed by atoms with Crippen LogP contribution in [0.5, 0.6) is 0 Å². The Bertz CT molecular complexity index is 433. The molecule has 0 spiro atoms. The normalized spacial score (nSPS) is 14.1. The van der Waals surface area contributed by atoms with Crippen LogP contribution in [0.3, 0.4) is 0 Å². The van der Waals surface area contributed by atoms with E-state index in [1.807, 2.05) is 13.8 Å². The van der Waals surface area contributed by atoms with E-state index in [0.29, 0.717) is 17.9 Å². The van der Waals surface area contributed by atoms with Crippen molar-refractivity contribution >= 4 is 11.8 Å². The third-order valence-electron chi connectivity index (χ3n) is 3.11. The lowest BCUT2D eigenvalue weighted by Crippen LogP contribution is -2.28. The fraction of sp³-hybridized carbons (Fsp3) is 0.583. The number of methoxy groups -OCH3 is 2. The predicted octanol–water partition coefficient (Wildman–Crippen LogP) is 1.43. The summed E-state index contributed by atoms with van der Waals surface area (Å²) in [6, 6.07) is 0. The first-order chi connectivity index (χ1) is 8.39. The molecular weight excluding hydrogens is 234 g/mol. The third-order valence-corrected chi connectivity index (χ3v) is 3.11. The lowest BCUT2D eigenvalue weighted by molar-refractivity contribution is -0.00906. The van der Waals surface area contributed by atoms with Gasteiger partial charge < -0.3 is 15.2 Å². The molecule has 2 N–H and O–H groups in total. The summed E-state index contributed by atoms with van der Waals surface area (Å²) in [6.07, 6.45) is 0.694. The van der Waals surface area contributed by atoms with Gasteiger partial charge in [-0.1, -0.05) is 6.92 Å². The number of carbonyl (C=O) groups is 1. The highest BCUT2D eigenvalue weighted by Crippen LogP contribution is 2.27. The Morgan fingerprint density at radius 2 is 2.00 bits per heavy atom. The van der Waals surface area contributed by atoms with Crippen molar-refractivity contribution < 1.29 is 14.3 Å². The minimum atomic E-state index is -0.618. The van der Waals surface area contributed by atoms with Crippen molar-refractivity contribution in [3.8, 4) is 0 Å². The molecule has 18 heavy (non-hydrogen) atoms. The molecule has 1 aromatic heterocycles. The van der Waals surface area contributed by atoms with E-state index in [4.69, 9.17) is 10.5 Å². The van der Waals surface area contributed by atoms with Crippen molar-refractivity contribution in [3.05, 3.63) is 17.1 Å². The number of nitrogens with zero attached hydrogens (tertiary/aromatic N) is 2. The van der Waals surface area contributed by atoms with Crippen molar-refractivity contribution in [2.75, 3.05) is 20.0 Å². The molecule has 0 amide bonds. The van der Waals surface area contributed by atoms with Crippen LogP contribution in [0.1, 0.15) is 42.1 Å². The molecular formula is C12H19N3O3. The maximum absolute atomic E-state index is 11.5. The summed E-state index contributed by atoms with van der Waals surface area (Å²) in [5, 5.41) is 0. The number of hydrogen-bond donors (Lipinski definition) is 1. The number of rotatable bonds is 4. The number of anilines is 1. The van der Waals surface area contributed by atoms with Gasteiger partial charge in [-0.25, -0.2) is 14.8 Å². The van der Waals surface area contributed by atoms with Gasteiger partial charge in [0.15, 0.2) is 5.82 Å². The van der Waals surface area contributed by atoms with Crippen LogP contribution in [0.2, 0.25) is 0 Å². The molecule has 0 fully saturated rings. The Hall–Kier alpha value is -1.69. The van der Waals surface area contributed by atoms with Crippen molar-refractivity contribution in [2.24, 2.45) is 0 Å². The Balaban J connectivity index is 3.34. The van der Waals surface area contributed by atoms with Gasteiger partial charge in [0.25, 0.3) is 0 Å². The van der Waals surface area contributed by atoms with E-state index in [2.05, 4.69) is 14.7 Å². The van der Waals surface area contributed by atoms with Gasteiger partial charge in [0.2, 0.25) is 0 Å². The highest BCUT2D eigenvalue weighted by molar-refractivity contribution is 5.95. The molecule has 0 aliphatic heterocycles. The monoisotopic (exact) mass is 253 g/mol. The molecule has 0 aliphatic rings. The molecule has 1 unspecified atom stereocenters. The molecule has 6 nitrogen and oxygen atoms in total. The molecule has 1 aromatic rings. The summed E-state index contributed by atoms with van der Waals surface area (Å²) in [7, 11) is 2.88. The number of nitrogen functional groups attached to an aromatic ring is 1. The highest BCUT2D eigenvalue weighted by Gasteiger charge is 2.30. The van der Waals surface area contributed by atoms with Crippen LogP contribution in [-0.2, 0) is 15.1 Å². The zero-order valence-electron chi connectivity index (χ0n) is 11.4. The summed E-state index contributed by atoms with van der Waals surface area (Å²) in [6.45, 7) is 5.53. The van der Waals surface area contributed by atoms with E-state index in [1.54, 1.807) is 14.0 Å². The maximum Gasteiger partial charge on any atom is 0.343 e. The summed E-state index contributed by atoms with van der Waals surface area (Å²) in [5.74, 6) is 0.0448. The third kappa shape index (κ3) is 2.43. The topological polar surface area (TPSA) is 87.3 Å². The number of hydrogen-bond acceptors (Lipinski definition) is 6. The van der Waals surface area contributed by atoms with E-state index in [0.717, 1.165) is 0 Å². The quantitative estimate of drug-likeness (QED) is 0.817. The Morgan fingerprint density at radius 3 is 2.39 bits per heavy atom. The summed E-state index contributed by atoms with van der Waals surface area (Å²) in [5.41, 5.74) is 5.87. The minimum Gasteiger partial charge on any atom is -0.465 e. The van der Waals surface area contributed by atoms with Crippen LogP contribution < -0.4 is 5.73 Å². The van der Waals surface area contributed by atoms with Crippen molar-refractivity contribution in [2.45, 2.75) is 32.8 Å². The fourth-order valence-corrected chi connectivity index (χ4v) is 1.58. The largest absolute Gasteiger partial charge is 0.465 e. The van der Waals surface area contributed by atoms with Crippen LogP contribution in [0.4, 0.5) is 5.82 Å². The first kappa shape index (κ1) is 14.4. The van der Waals surface area contributed by atoms with Crippen molar-refractivity contribution in [1.29, 1.82) is 0 Å². The van der Waals surface area contributed by atoms with Gasteiger partial charge in [-0.05, 0) is 20.3 Å². The highest BCUT2D eigenvalue weighted by atomic mass is 16.5. The number of carbonyl (C=O) groups excluding carboxylic acids is 1. The SMILES string of the molecule is CCC(C)(OC)c1nc(C)c(C(=O)OC)c(N)n1. The Labute approximate surface area is 107 Å². The molecule has 1 heterocycles. The molecule has 0 saturated heterocycles. The van der Waals surface area contributed by atoms with Crippen LogP contribution in [0.15, 0.2) is 0 Å². The van der Waals surface area contributed by atoms with E-state index in [-0.39, 0.29) is 11.4 Å². The molecule has 1 atom stereocenters. The lowest BCUT2D eigenvalue weighted by atomic mass is 10.0. The number of aromatic nitrogens is 2. The van der Waals surface area contributed by atoms with Gasteiger partial charge in [-0.15, -0.1) is 0 Å². The first-order valence-electron chi connectivity index (χ1n) is 5.67. The molecule has 0 bridgehead atoms. The van der Waals surface area contributed by atoms with E-state index < -0.39 is 11.6 Å². The predicted molar refractivity (Wildman–Crippen MR) is 67.2 cm³/mol. The molecule has 0 saturated carbocycles. The summed E-state index contributed by atoms with van der Waals surface area (Å²) >= 11 is 0. The Kier molecular flexibility index (Phi) is 4.24. The second-order valence-electron chi connectivity index (χ2n) is 4.17. The second-order valence-corrected chi connectivity index (χ2v) is 4.17. The van der Waals surface area contributed by atoms with E-state index in [9.17, 15) is 4.79 Å². The van der Waals surface area contributed by atoms with Crippen LogP contribution >= 0.6 is 0 Å². The maximum atomic E-state index is 11.5. The van der Waals surface area contributed by atoms with Gasteiger partial charge in [0.05, 0.1) is 12.8 Å². The van der Waals surface area contributed by atoms with Crippen molar-refractivity contribution in [3.63, 3.8) is 0 Å². The van der Waals surface area contributed by atoms with Crippen LogP contribution in [0, 0.1) is 6.92 Å². The molecule has 0 aromatic carbocycles. The standard InChI is InChI=1S/C12H19N3O3/c1-6-12(3,18-5)11-14-7(2)8(9(13)15-11)10(16)17-4/h6H2,1-5H3,(H2,13,14,15). The molecule has 0 aliphatic carbocycles. The molecule has 0 radical (unpaired) electrons. The van der Waals surface area contributed by atoms with E-state index >= 15 is 0 Å². The number of esters is 1. The minimum absolute atomic E-state index is 0.112.